The Morgan fingerprint density at radius 3 is 2.09 bits per heavy atom. The highest BCUT2D eigenvalue weighted by Crippen LogP contribution is 2.30. The number of nitrogens with one attached hydrogen (secondary N) is 3. The Kier molecular flexibility index (Phi) is 10.5. The lowest BCUT2D eigenvalue weighted by Gasteiger charge is -2.34. The van der Waals surface area contributed by atoms with Gasteiger partial charge < -0.3 is 25.8 Å². The molecule has 2 aliphatic rings. The van der Waals surface area contributed by atoms with E-state index in [0.29, 0.717) is 49.4 Å². The molecule has 1 fully saturated rings. The van der Waals surface area contributed by atoms with E-state index in [2.05, 4.69) is 30.9 Å². The van der Waals surface area contributed by atoms with E-state index in [1.54, 1.807) is 22.9 Å². The molecule has 0 radical (unpaired) electrons. The maximum Gasteiger partial charge on any atom is 0.458 e. The number of benzene rings is 1. The number of nitrogens with zero attached hydrogens (tertiary/aromatic N) is 5. The molecule has 1 saturated heterocycles. The second-order valence-electron chi connectivity index (χ2n) is 10.2. The highest BCUT2D eigenvalue weighted by molar-refractivity contribution is 6.41. The highest BCUT2D eigenvalue weighted by atomic mass is 35.5. The molecule has 3 aromatic rings. The Morgan fingerprint density at radius 1 is 0.830 bits per heavy atom. The molecule has 6 bridgehead atoms. The number of carbonyl (C=O) groups is 4. The molecule has 47 heavy (non-hydrogen) atoms. The Balaban J connectivity index is 0.000000356. The van der Waals surface area contributed by atoms with Crippen LogP contribution < -0.4 is 16.0 Å². The molecule has 12 nitrogen and oxygen atoms in total. The van der Waals surface area contributed by atoms with Gasteiger partial charge in [-0.1, -0.05) is 11.6 Å². The molecule has 2 aliphatic heterocycles. The first-order valence-electron chi connectivity index (χ1n) is 13.7. The predicted molar refractivity (Wildman–Crippen MR) is 157 cm³/mol. The summed E-state index contributed by atoms with van der Waals surface area (Å²) in [6.45, 7) is 3.63. The second kappa shape index (κ2) is 14.2. The normalized spacial score (nSPS) is 14.5. The van der Waals surface area contributed by atoms with E-state index < -0.39 is 23.9 Å². The number of ketones is 2. The third-order valence-electron chi connectivity index (χ3n) is 6.82. The third kappa shape index (κ3) is 9.27. The Bertz CT molecular complexity index is 1660. The smallest absolute Gasteiger partial charge is 0.339 e. The van der Waals surface area contributed by atoms with Crippen molar-refractivity contribution in [1.82, 2.24) is 24.8 Å². The van der Waals surface area contributed by atoms with Crippen molar-refractivity contribution in [3.8, 4) is 0 Å². The number of hydrogen-bond donors (Lipinski definition) is 3. The Morgan fingerprint density at radius 2 is 1.47 bits per heavy atom. The summed E-state index contributed by atoms with van der Waals surface area (Å²) in [6.07, 6.45) is -5.05. The molecule has 0 atom stereocenters. The van der Waals surface area contributed by atoms with Gasteiger partial charge in [0.1, 0.15) is 5.02 Å². The van der Waals surface area contributed by atoms with Gasteiger partial charge in [0, 0.05) is 50.7 Å². The molecule has 0 unspecified atom stereocenters. The number of anilines is 5. The lowest BCUT2D eigenvalue weighted by molar-refractivity contribution is -0.193. The van der Waals surface area contributed by atoms with Gasteiger partial charge in [0.25, 0.3) is 0 Å². The molecule has 0 spiro atoms. The molecule has 19 heteroatoms. The number of fused-ring (bicyclic) bond motifs is 6. The van der Waals surface area contributed by atoms with Crippen LogP contribution in [0.5, 0.6) is 0 Å². The quantitative estimate of drug-likeness (QED) is 0.249. The van der Waals surface area contributed by atoms with Gasteiger partial charge in [-0.05, 0) is 48.2 Å². The van der Waals surface area contributed by atoms with Gasteiger partial charge in [-0.15, -0.1) is 0 Å². The molecular weight excluding hydrogens is 662 g/mol. The fourth-order valence-corrected chi connectivity index (χ4v) is 4.57. The number of pyridine rings is 1. The van der Waals surface area contributed by atoms with Crippen LogP contribution >= 0.6 is 11.6 Å². The summed E-state index contributed by atoms with van der Waals surface area (Å²) in [5.74, 6) is -5.91. The van der Waals surface area contributed by atoms with Crippen molar-refractivity contribution < 1.29 is 45.5 Å². The number of amides is 3. The van der Waals surface area contributed by atoms with Crippen LogP contribution in [0.15, 0.2) is 42.9 Å². The zero-order valence-corrected chi connectivity index (χ0v) is 25.1. The minimum absolute atomic E-state index is 0.0315. The van der Waals surface area contributed by atoms with Crippen molar-refractivity contribution in [2.75, 3.05) is 42.1 Å². The van der Waals surface area contributed by atoms with Crippen LogP contribution in [-0.4, -0.2) is 86.8 Å². The van der Waals surface area contributed by atoms with Crippen molar-refractivity contribution >= 4 is 63.9 Å². The summed E-state index contributed by atoms with van der Waals surface area (Å²) in [4.78, 5) is 60.4. The molecule has 0 saturated carbocycles. The minimum Gasteiger partial charge on any atom is -0.339 e. The molecule has 5 rings (SSSR count). The second-order valence-corrected chi connectivity index (χ2v) is 10.6. The minimum atomic E-state index is -5.77. The lowest BCUT2D eigenvalue weighted by atomic mass is 10.0. The molecule has 3 N–H and O–H groups in total. The van der Waals surface area contributed by atoms with Crippen molar-refractivity contribution in [2.45, 2.75) is 32.1 Å². The van der Waals surface area contributed by atoms with E-state index in [1.807, 2.05) is 30.5 Å². The number of piperazine rings is 1. The molecule has 3 amide bonds. The largest absolute Gasteiger partial charge is 0.458 e. The average Bonchev–Trinajstić information content (AvgIpc) is 3.01. The first-order valence-corrected chi connectivity index (χ1v) is 14.1. The number of halogens is 7. The topological polar surface area (TPSA) is 150 Å². The fourth-order valence-electron chi connectivity index (χ4n) is 4.43. The van der Waals surface area contributed by atoms with Crippen LogP contribution in [0.4, 0.5) is 60.0 Å². The maximum atomic E-state index is 13.0. The average molecular weight is 687 g/mol. The summed E-state index contributed by atoms with van der Waals surface area (Å²) in [6, 6.07) is 7.57. The third-order valence-corrected chi connectivity index (χ3v) is 7.10. The van der Waals surface area contributed by atoms with Gasteiger partial charge in [-0.3, -0.25) is 19.4 Å². The number of rotatable bonds is 2. The molecule has 4 heterocycles. The van der Waals surface area contributed by atoms with E-state index in [-0.39, 0.29) is 11.9 Å². The molecule has 2 aromatic heterocycles. The number of aromatic nitrogens is 3. The van der Waals surface area contributed by atoms with Gasteiger partial charge in [0.05, 0.1) is 18.1 Å². The molecule has 0 aliphatic carbocycles. The van der Waals surface area contributed by atoms with Crippen molar-refractivity contribution in [2.24, 2.45) is 0 Å². The molecule has 1 aromatic carbocycles. The van der Waals surface area contributed by atoms with Gasteiger partial charge in [0.2, 0.25) is 11.9 Å². The lowest BCUT2D eigenvalue weighted by Crippen LogP contribution is -2.51. The Hall–Kier alpha value is -5.00. The summed E-state index contributed by atoms with van der Waals surface area (Å²) < 4.78 is 67.0. The van der Waals surface area contributed by atoms with E-state index in [0.717, 1.165) is 34.6 Å². The SMILES string of the molecule is CC(=O)N1CCN(C(=O)Nc2ccc3cc2CCc2cncc(c2)Nc2ncc(Cl)c(n2)N3)CC1.O=C(C(=O)C(F)(F)F)C(F)(F)F. The number of hydrogen-bond acceptors (Lipinski definition) is 9. The van der Waals surface area contributed by atoms with Crippen LogP contribution in [0.2, 0.25) is 5.02 Å². The van der Waals surface area contributed by atoms with Crippen molar-refractivity contribution in [3.63, 3.8) is 0 Å². The first-order chi connectivity index (χ1) is 22.0. The predicted octanol–water partition coefficient (Wildman–Crippen LogP) is 5.06. The zero-order chi connectivity index (χ0) is 34.5. The van der Waals surface area contributed by atoms with Gasteiger partial charge in [0.15, 0.2) is 5.82 Å². The number of alkyl halides is 6. The van der Waals surface area contributed by atoms with Crippen LogP contribution in [0, 0.1) is 0 Å². The van der Waals surface area contributed by atoms with Crippen molar-refractivity contribution in [3.05, 3.63) is 59.0 Å². The van der Waals surface area contributed by atoms with Gasteiger partial charge in [-0.2, -0.15) is 31.3 Å². The van der Waals surface area contributed by atoms with E-state index in [9.17, 15) is 45.5 Å². The van der Waals surface area contributed by atoms with Gasteiger partial charge in [-0.25, -0.2) is 9.78 Å². The summed E-state index contributed by atoms with van der Waals surface area (Å²) >= 11 is 6.33. The summed E-state index contributed by atoms with van der Waals surface area (Å²) in [7, 11) is 0. The number of carbonyl (C=O) groups excluding carboxylic acids is 4. The Labute approximate surface area is 267 Å². The van der Waals surface area contributed by atoms with E-state index in [4.69, 9.17) is 11.6 Å². The summed E-state index contributed by atoms with van der Waals surface area (Å²) in [5, 5.41) is 9.88. The maximum absolute atomic E-state index is 13.0. The number of urea groups is 1. The highest BCUT2D eigenvalue weighted by Gasteiger charge is 2.54. The zero-order valence-electron chi connectivity index (χ0n) is 24.3. The van der Waals surface area contributed by atoms with Crippen molar-refractivity contribution in [1.29, 1.82) is 0 Å². The standard InChI is InChI=1S/C24H25ClN8O2.C4F6O2/c1-15(34)32-6-8-33(9-7-32)24(35)30-21-5-4-18-11-17(21)3-2-16-10-19(13-26-12-16)29-23-27-14-20(25)22(28-18)31-23;5-3(6,7)1(11)2(12)4(8,9)10/h4-5,10-14H,2-3,6-9H2,1H3,(H,30,35)(H2,27,28,29,31);. The summed E-state index contributed by atoms with van der Waals surface area (Å²) in [5.41, 5.74) is 4.32. The first kappa shape index (κ1) is 34.9. The van der Waals surface area contributed by atoms with Crippen LogP contribution in [0.3, 0.4) is 0 Å². The van der Waals surface area contributed by atoms with Gasteiger partial charge >= 0.3 is 30.0 Å². The van der Waals surface area contributed by atoms with Crippen LogP contribution in [-0.2, 0) is 27.2 Å². The monoisotopic (exact) mass is 686 g/mol. The van der Waals surface area contributed by atoms with E-state index in [1.165, 1.54) is 6.20 Å². The number of Topliss-reactive ketones (excluding diaryl/α,β-unsaturated/α-hetero) is 2. The van der Waals surface area contributed by atoms with E-state index >= 15 is 0 Å². The van der Waals surface area contributed by atoms with Crippen LogP contribution in [0.25, 0.3) is 0 Å². The molecular formula is C28H25ClF6N8O4. The fraction of sp³-hybridized carbons (Fsp3) is 0.321. The number of aryl methyl sites for hydroxylation is 2. The molecule has 250 valence electrons. The van der Waals surface area contributed by atoms with Crippen LogP contribution in [0.1, 0.15) is 18.1 Å².